The van der Waals surface area contributed by atoms with E-state index in [0.29, 0.717) is 43.5 Å². The Balaban J connectivity index is 1.85. The SMILES string of the molecule is CC(C)CC(C(=O)N1CCC(C#N)CC1)N1C(=O)c2ccccc2C1=O. The molecule has 0 saturated carbocycles. The fourth-order valence-corrected chi connectivity index (χ4v) is 3.69. The quantitative estimate of drug-likeness (QED) is 0.779. The van der Waals surface area contributed by atoms with Gasteiger partial charge in [-0.05, 0) is 37.3 Å². The van der Waals surface area contributed by atoms with E-state index >= 15 is 0 Å². The highest BCUT2D eigenvalue weighted by Crippen LogP contribution is 2.28. The molecular formula is C20H23N3O3. The summed E-state index contributed by atoms with van der Waals surface area (Å²) in [5.41, 5.74) is 0.726. The molecule has 0 aromatic heterocycles. The number of carbonyl (C=O) groups is 3. The monoisotopic (exact) mass is 353 g/mol. The highest BCUT2D eigenvalue weighted by molar-refractivity contribution is 6.22. The maximum absolute atomic E-state index is 13.2. The number of nitriles is 1. The fraction of sp³-hybridized carbons (Fsp3) is 0.500. The van der Waals surface area contributed by atoms with E-state index in [1.165, 1.54) is 0 Å². The normalized spacial score (nSPS) is 18.8. The zero-order valence-electron chi connectivity index (χ0n) is 15.1. The third-order valence-corrected chi connectivity index (χ3v) is 5.11. The number of amides is 3. The highest BCUT2D eigenvalue weighted by atomic mass is 16.2. The van der Waals surface area contributed by atoms with Crippen LogP contribution in [0, 0.1) is 23.2 Å². The lowest BCUT2D eigenvalue weighted by Crippen LogP contribution is -2.53. The Labute approximate surface area is 153 Å². The number of benzene rings is 1. The van der Waals surface area contributed by atoms with Gasteiger partial charge in [0.25, 0.3) is 11.8 Å². The van der Waals surface area contributed by atoms with E-state index in [1.54, 1.807) is 29.2 Å². The molecule has 0 radical (unpaired) electrons. The van der Waals surface area contributed by atoms with Gasteiger partial charge >= 0.3 is 0 Å². The number of piperidine rings is 1. The molecule has 2 heterocycles. The molecule has 0 spiro atoms. The highest BCUT2D eigenvalue weighted by Gasteiger charge is 2.44. The standard InChI is InChI=1S/C20H23N3O3/c1-13(2)11-17(20(26)22-9-7-14(12-21)8-10-22)23-18(24)15-5-3-4-6-16(15)19(23)25/h3-6,13-14,17H,7-11H2,1-2H3. The molecule has 6 nitrogen and oxygen atoms in total. The molecule has 0 N–H and O–H groups in total. The van der Waals surface area contributed by atoms with Crippen LogP contribution in [0.15, 0.2) is 24.3 Å². The topological polar surface area (TPSA) is 81.5 Å². The van der Waals surface area contributed by atoms with Crippen molar-refractivity contribution in [1.82, 2.24) is 9.80 Å². The van der Waals surface area contributed by atoms with Crippen LogP contribution in [0.3, 0.4) is 0 Å². The zero-order chi connectivity index (χ0) is 18.8. The van der Waals surface area contributed by atoms with Crippen molar-refractivity contribution in [3.05, 3.63) is 35.4 Å². The summed E-state index contributed by atoms with van der Waals surface area (Å²) in [4.78, 5) is 41.6. The van der Waals surface area contributed by atoms with Gasteiger partial charge in [-0.25, -0.2) is 0 Å². The summed E-state index contributed by atoms with van der Waals surface area (Å²) in [6, 6.07) is 8.16. The molecule has 3 amide bonds. The van der Waals surface area contributed by atoms with Gasteiger partial charge in [0.2, 0.25) is 5.91 Å². The Morgan fingerprint density at radius 3 is 2.15 bits per heavy atom. The van der Waals surface area contributed by atoms with Gasteiger partial charge < -0.3 is 4.90 Å². The zero-order valence-corrected chi connectivity index (χ0v) is 15.1. The smallest absolute Gasteiger partial charge is 0.262 e. The summed E-state index contributed by atoms with van der Waals surface area (Å²) >= 11 is 0. The number of rotatable bonds is 4. The summed E-state index contributed by atoms with van der Waals surface area (Å²) in [5.74, 6) is -0.843. The molecule has 6 heteroatoms. The average Bonchev–Trinajstić information content (AvgIpc) is 2.90. The van der Waals surface area contributed by atoms with Crippen molar-refractivity contribution >= 4 is 17.7 Å². The van der Waals surface area contributed by atoms with Gasteiger partial charge in [0, 0.05) is 19.0 Å². The molecule has 1 saturated heterocycles. The molecule has 3 rings (SSSR count). The van der Waals surface area contributed by atoms with E-state index in [1.807, 2.05) is 13.8 Å². The maximum atomic E-state index is 13.2. The first-order chi connectivity index (χ1) is 12.4. The van der Waals surface area contributed by atoms with Crippen LogP contribution in [-0.2, 0) is 4.79 Å². The third kappa shape index (κ3) is 3.22. The minimum Gasteiger partial charge on any atom is -0.341 e. The molecule has 0 bridgehead atoms. The minimum absolute atomic E-state index is 0.0260. The van der Waals surface area contributed by atoms with E-state index in [0.717, 1.165) is 4.90 Å². The van der Waals surface area contributed by atoms with E-state index in [-0.39, 0.29) is 17.7 Å². The van der Waals surface area contributed by atoms with E-state index in [2.05, 4.69) is 6.07 Å². The second-order valence-electron chi connectivity index (χ2n) is 7.40. The molecular weight excluding hydrogens is 330 g/mol. The van der Waals surface area contributed by atoms with Crippen molar-refractivity contribution in [2.45, 2.75) is 39.2 Å². The van der Waals surface area contributed by atoms with Crippen LogP contribution in [0.5, 0.6) is 0 Å². The molecule has 1 unspecified atom stereocenters. The Kier molecular flexibility index (Phi) is 5.08. The predicted octanol–water partition coefficient (Wildman–Crippen LogP) is 2.46. The molecule has 2 aliphatic heterocycles. The van der Waals surface area contributed by atoms with Crippen LogP contribution in [0.4, 0.5) is 0 Å². The van der Waals surface area contributed by atoms with Gasteiger partial charge in [-0.2, -0.15) is 5.26 Å². The number of nitrogens with zero attached hydrogens (tertiary/aromatic N) is 3. The molecule has 1 atom stereocenters. The summed E-state index contributed by atoms with van der Waals surface area (Å²) < 4.78 is 0. The van der Waals surface area contributed by atoms with Crippen molar-refractivity contribution in [3.63, 3.8) is 0 Å². The lowest BCUT2D eigenvalue weighted by molar-refractivity contribution is -0.137. The van der Waals surface area contributed by atoms with Gasteiger partial charge in [-0.3, -0.25) is 19.3 Å². The molecule has 1 aromatic rings. The maximum Gasteiger partial charge on any atom is 0.262 e. The van der Waals surface area contributed by atoms with Crippen molar-refractivity contribution in [2.24, 2.45) is 11.8 Å². The van der Waals surface area contributed by atoms with Crippen LogP contribution in [0.2, 0.25) is 0 Å². The van der Waals surface area contributed by atoms with E-state index in [9.17, 15) is 14.4 Å². The van der Waals surface area contributed by atoms with Crippen molar-refractivity contribution in [3.8, 4) is 6.07 Å². The number of hydrogen-bond donors (Lipinski definition) is 0. The second kappa shape index (κ2) is 7.28. The Bertz CT molecular complexity index is 738. The first-order valence-electron chi connectivity index (χ1n) is 9.09. The number of fused-ring (bicyclic) bond motifs is 1. The lowest BCUT2D eigenvalue weighted by atomic mass is 9.96. The van der Waals surface area contributed by atoms with Crippen LogP contribution in [0.25, 0.3) is 0 Å². The van der Waals surface area contributed by atoms with E-state index < -0.39 is 17.9 Å². The number of hydrogen-bond acceptors (Lipinski definition) is 4. The van der Waals surface area contributed by atoms with Gasteiger partial charge in [0.05, 0.1) is 17.2 Å². The number of likely N-dealkylation sites (tertiary alicyclic amines) is 1. The van der Waals surface area contributed by atoms with Crippen molar-refractivity contribution in [2.75, 3.05) is 13.1 Å². The van der Waals surface area contributed by atoms with Crippen LogP contribution < -0.4 is 0 Å². The summed E-state index contributed by atoms with van der Waals surface area (Å²) in [6.45, 7) is 4.93. The summed E-state index contributed by atoms with van der Waals surface area (Å²) in [7, 11) is 0. The first-order valence-corrected chi connectivity index (χ1v) is 9.09. The van der Waals surface area contributed by atoms with Gasteiger partial charge in [0.1, 0.15) is 6.04 Å². The molecule has 1 aromatic carbocycles. The van der Waals surface area contributed by atoms with Gasteiger partial charge in [-0.1, -0.05) is 26.0 Å². The Hall–Kier alpha value is -2.68. The van der Waals surface area contributed by atoms with Crippen molar-refractivity contribution in [1.29, 1.82) is 5.26 Å². The second-order valence-corrected chi connectivity index (χ2v) is 7.40. The Morgan fingerprint density at radius 1 is 1.15 bits per heavy atom. The minimum atomic E-state index is -0.791. The number of imide groups is 1. The van der Waals surface area contributed by atoms with Crippen molar-refractivity contribution < 1.29 is 14.4 Å². The molecule has 26 heavy (non-hydrogen) atoms. The van der Waals surface area contributed by atoms with Gasteiger partial charge in [-0.15, -0.1) is 0 Å². The number of carbonyl (C=O) groups excluding carboxylic acids is 3. The fourth-order valence-electron chi connectivity index (χ4n) is 3.69. The van der Waals surface area contributed by atoms with E-state index in [4.69, 9.17) is 5.26 Å². The average molecular weight is 353 g/mol. The molecule has 136 valence electrons. The third-order valence-electron chi connectivity index (χ3n) is 5.11. The van der Waals surface area contributed by atoms with Crippen LogP contribution in [0.1, 0.15) is 53.8 Å². The largest absolute Gasteiger partial charge is 0.341 e. The Morgan fingerprint density at radius 2 is 1.69 bits per heavy atom. The lowest BCUT2D eigenvalue weighted by Gasteiger charge is -2.35. The summed E-state index contributed by atoms with van der Waals surface area (Å²) in [5, 5.41) is 9.04. The predicted molar refractivity (Wildman–Crippen MR) is 95.1 cm³/mol. The molecule has 1 fully saturated rings. The first kappa shape index (κ1) is 18.1. The summed E-state index contributed by atoms with van der Waals surface area (Å²) in [6.07, 6.45) is 1.71. The van der Waals surface area contributed by atoms with Crippen LogP contribution in [-0.4, -0.2) is 46.7 Å². The van der Waals surface area contributed by atoms with Gasteiger partial charge in [0.15, 0.2) is 0 Å². The molecule has 0 aliphatic carbocycles. The van der Waals surface area contributed by atoms with Crippen LogP contribution >= 0.6 is 0 Å². The molecule has 2 aliphatic rings.